The van der Waals surface area contributed by atoms with Gasteiger partial charge in [0.2, 0.25) is 0 Å². The van der Waals surface area contributed by atoms with Crippen molar-refractivity contribution in [1.82, 2.24) is 10.9 Å². The first-order valence-electron chi connectivity index (χ1n) is 6.73. The maximum absolute atomic E-state index is 5.27. The van der Waals surface area contributed by atoms with Gasteiger partial charge in [-0.05, 0) is 63.9 Å². The van der Waals surface area contributed by atoms with Crippen molar-refractivity contribution >= 4 is 23.0 Å². The van der Waals surface area contributed by atoms with Crippen LogP contribution in [0.5, 0.6) is 0 Å². The van der Waals surface area contributed by atoms with E-state index in [0.717, 1.165) is 12.1 Å². The molecule has 0 heterocycles. The molecular weight excluding hydrogens is 254 g/mol. The number of hydrazine groups is 1. The van der Waals surface area contributed by atoms with E-state index in [9.17, 15) is 0 Å². The van der Waals surface area contributed by atoms with Gasteiger partial charge in [0.15, 0.2) is 5.11 Å². The molecule has 0 saturated carbocycles. The first-order valence-corrected chi connectivity index (χ1v) is 7.14. The number of anilines is 1. The molecule has 1 aromatic rings. The minimum Gasteiger partial charge on any atom is -0.331 e. The second-order valence-corrected chi connectivity index (χ2v) is 5.44. The molecule has 1 aliphatic carbocycles. The summed E-state index contributed by atoms with van der Waals surface area (Å²) in [7, 11) is 0. The molecule has 0 aliphatic heterocycles. The first-order chi connectivity index (χ1) is 9.15. The topological polar surface area (TPSA) is 36.1 Å². The van der Waals surface area contributed by atoms with Crippen LogP contribution < -0.4 is 16.2 Å². The van der Waals surface area contributed by atoms with Gasteiger partial charge in [-0.15, -0.1) is 0 Å². The van der Waals surface area contributed by atoms with Crippen LogP contribution in [-0.4, -0.2) is 5.11 Å². The van der Waals surface area contributed by atoms with Crippen molar-refractivity contribution in [2.75, 3.05) is 5.32 Å². The van der Waals surface area contributed by atoms with Crippen molar-refractivity contribution in [3.63, 3.8) is 0 Å². The lowest BCUT2D eigenvalue weighted by atomic mass is 9.98. The van der Waals surface area contributed by atoms with E-state index in [0.29, 0.717) is 5.11 Å². The summed E-state index contributed by atoms with van der Waals surface area (Å²) >= 11 is 5.27. The van der Waals surface area contributed by atoms with Crippen LogP contribution >= 0.6 is 12.2 Å². The summed E-state index contributed by atoms with van der Waals surface area (Å²) in [5.74, 6) is 0. The van der Waals surface area contributed by atoms with E-state index in [1.165, 1.54) is 36.1 Å². The number of aryl methyl sites for hydroxylation is 1. The summed E-state index contributed by atoms with van der Waals surface area (Å²) in [6.45, 7) is 4.25. The van der Waals surface area contributed by atoms with Crippen molar-refractivity contribution in [2.24, 2.45) is 0 Å². The fraction of sp³-hybridized carbons (Fsp3) is 0.400. The minimum absolute atomic E-state index is 0.592. The van der Waals surface area contributed by atoms with Crippen LogP contribution in [0, 0.1) is 6.92 Å². The number of hydrogen-bond donors (Lipinski definition) is 3. The number of rotatable bonds is 3. The third-order valence-electron chi connectivity index (χ3n) is 3.38. The van der Waals surface area contributed by atoms with E-state index in [2.05, 4.69) is 42.1 Å². The Morgan fingerprint density at radius 3 is 2.42 bits per heavy atom. The van der Waals surface area contributed by atoms with Crippen LogP contribution in [-0.2, 0) is 0 Å². The molecule has 0 bridgehead atoms. The Bertz CT molecular complexity index is 477. The zero-order valence-electron chi connectivity index (χ0n) is 11.5. The zero-order chi connectivity index (χ0) is 13.7. The van der Waals surface area contributed by atoms with Gasteiger partial charge in [0.1, 0.15) is 0 Å². The number of thiocarbonyl (C=S) groups is 1. The Balaban J connectivity index is 1.83. The first kappa shape index (κ1) is 13.9. The Morgan fingerprint density at radius 2 is 1.74 bits per heavy atom. The van der Waals surface area contributed by atoms with Gasteiger partial charge >= 0.3 is 0 Å². The normalized spacial score (nSPS) is 15.1. The highest BCUT2D eigenvalue weighted by molar-refractivity contribution is 7.80. The molecule has 0 atom stereocenters. The quantitative estimate of drug-likeness (QED) is 0.581. The van der Waals surface area contributed by atoms with Gasteiger partial charge in [0, 0.05) is 11.4 Å². The summed E-state index contributed by atoms with van der Waals surface area (Å²) in [6, 6.07) is 8.17. The SMILES string of the molecule is CC1=C(NNC(=S)Nc2ccc(C)cc2)CCCC1. The highest BCUT2D eigenvalue weighted by Crippen LogP contribution is 2.21. The van der Waals surface area contributed by atoms with E-state index in [1.54, 1.807) is 0 Å². The van der Waals surface area contributed by atoms with E-state index in [4.69, 9.17) is 12.2 Å². The van der Waals surface area contributed by atoms with Crippen molar-refractivity contribution in [3.8, 4) is 0 Å². The van der Waals surface area contributed by atoms with E-state index in [-0.39, 0.29) is 0 Å². The molecule has 0 saturated heterocycles. The lowest BCUT2D eigenvalue weighted by Gasteiger charge is -2.20. The van der Waals surface area contributed by atoms with Crippen molar-refractivity contribution in [1.29, 1.82) is 0 Å². The number of hydrogen-bond acceptors (Lipinski definition) is 2. The average Bonchev–Trinajstić information content (AvgIpc) is 2.40. The molecule has 0 spiro atoms. The maximum atomic E-state index is 5.27. The molecule has 19 heavy (non-hydrogen) atoms. The van der Waals surface area contributed by atoms with E-state index in [1.807, 2.05) is 12.1 Å². The van der Waals surface area contributed by atoms with Crippen LogP contribution in [0.3, 0.4) is 0 Å². The van der Waals surface area contributed by atoms with Gasteiger partial charge < -0.3 is 10.7 Å². The number of benzene rings is 1. The summed E-state index contributed by atoms with van der Waals surface area (Å²) in [4.78, 5) is 0. The molecular formula is C15H21N3S. The molecule has 2 rings (SSSR count). The van der Waals surface area contributed by atoms with Crippen LogP contribution in [0.25, 0.3) is 0 Å². The van der Waals surface area contributed by atoms with E-state index < -0.39 is 0 Å². The zero-order valence-corrected chi connectivity index (χ0v) is 12.4. The predicted octanol–water partition coefficient (Wildman–Crippen LogP) is 3.63. The number of nitrogens with one attached hydrogen (secondary N) is 3. The summed E-state index contributed by atoms with van der Waals surface area (Å²) < 4.78 is 0. The molecule has 0 amide bonds. The second kappa shape index (κ2) is 6.57. The van der Waals surface area contributed by atoms with Gasteiger partial charge in [-0.3, -0.25) is 5.43 Å². The molecule has 0 unspecified atom stereocenters. The third kappa shape index (κ3) is 4.24. The standard InChI is InChI=1S/C15H21N3S/c1-11-7-9-13(10-8-11)16-15(19)18-17-14-6-4-3-5-12(14)2/h7-10,17H,3-6H2,1-2H3,(H2,16,18,19). The molecule has 0 fully saturated rings. The monoisotopic (exact) mass is 275 g/mol. The van der Waals surface area contributed by atoms with Crippen LogP contribution in [0.4, 0.5) is 5.69 Å². The Hall–Kier alpha value is -1.55. The Morgan fingerprint density at radius 1 is 1.05 bits per heavy atom. The minimum atomic E-state index is 0.592. The van der Waals surface area contributed by atoms with Crippen LogP contribution in [0.2, 0.25) is 0 Å². The molecule has 3 nitrogen and oxygen atoms in total. The molecule has 3 N–H and O–H groups in total. The highest BCUT2D eigenvalue weighted by atomic mass is 32.1. The Labute approximate surface area is 120 Å². The van der Waals surface area contributed by atoms with E-state index >= 15 is 0 Å². The lowest BCUT2D eigenvalue weighted by Crippen LogP contribution is -2.40. The molecule has 1 aliphatic rings. The van der Waals surface area contributed by atoms with Crippen LogP contribution in [0.15, 0.2) is 35.5 Å². The molecule has 102 valence electrons. The molecule has 0 radical (unpaired) electrons. The number of allylic oxidation sites excluding steroid dienone is 2. The highest BCUT2D eigenvalue weighted by Gasteiger charge is 2.08. The van der Waals surface area contributed by atoms with Crippen molar-refractivity contribution in [2.45, 2.75) is 39.5 Å². The Kier molecular flexibility index (Phi) is 4.80. The van der Waals surface area contributed by atoms with Gasteiger partial charge in [-0.1, -0.05) is 23.3 Å². The van der Waals surface area contributed by atoms with Crippen molar-refractivity contribution < 1.29 is 0 Å². The van der Waals surface area contributed by atoms with Gasteiger partial charge in [-0.2, -0.15) is 0 Å². The largest absolute Gasteiger partial charge is 0.331 e. The van der Waals surface area contributed by atoms with Gasteiger partial charge in [0.05, 0.1) is 0 Å². The smallest absolute Gasteiger partial charge is 0.189 e. The summed E-state index contributed by atoms with van der Waals surface area (Å²) in [5.41, 5.74) is 11.2. The third-order valence-corrected chi connectivity index (χ3v) is 3.58. The second-order valence-electron chi connectivity index (χ2n) is 5.04. The fourth-order valence-corrected chi connectivity index (χ4v) is 2.33. The van der Waals surface area contributed by atoms with Crippen LogP contribution in [0.1, 0.15) is 38.2 Å². The summed E-state index contributed by atoms with van der Waals surface area (Å²) in [5, 5.41) is 3.75. The van der Waals surface area contributed by atoms with Crippen molar-refractivity contribution in [3.05, 3.63) is 41.1 Å². The van der Waals surface area contributed by atoms with Gasteiger partial charge in [0.25, 0.3) is 0 Å². The molecule has 0 aromatic heterocycles. The molecule has 4 heteroatoms. The fourth-order valence-electron chi connectivity index (χ4n) is 2.16. The summed E-state index contributed by atoms with van der Waals surface area (Å²) in [6.07, 6.45) is 4.83. The predicted molar refractivity (Wildman–Crippen MR) is 84.8 cm³/mol. The average molecular weight is 275 g/mol. The lowest BCUT2D eigenvalue weighted by molar-refractivity contribution is 0.603. The maximum Gasteiger partial charge on any atom is 0.189 e. The van der Waals surface area contributed by atoms with Gasteiger partial charge in [-0.25, -0.2) is 0 Å². The molecule has 1 aromatic carbocycles.